The molecule has 1 aromatic carbocycles. The van der Waals surface area contributed by atoms with Crippen LogP contribution in [0.15, 0.2) is 67.1 Å². The highest BCUT2D eigenvalue weighted by atomic mass is 16.2. The summed E-state index contributed by atoms with van der Waals surface area (Å²) >= 11 is 0. The molecule has 29 heavy (non-hydrogen) atoms. The fourth-order valence-electron chi connectivity index (χ4n) is 3.66. The van der Waals surface area contributed by atoms with E-state index in [0.717, 1.165) is 16.9 Å². The SMILES string of the molecule is Cc1ccc(NC(=O)C2CCN(C(=O)c3cccn3-c3cccnc3)CC2)cc1. The number of piperidine rings is 1. The molecule has 3 heterocycles. The van der Waals surface area contributed by atoms with Crippen molar-refractivity contribution in [1.29, 1.82) is 0 Å². The van der Waals surface area contributed by atoms with Gasteiger partial charge in [0, 0.05) is 37.1 Å². The fourth-order valence-corrected chi connectivity index (χ4v) is 3.66. The molecule has 0 aliphatic carbocycles. The van der Waals surface area contributed by atoms with Crippen LogP contribution in [0, 0.1) is 12.8 Å². The molecule has 0 unspecified atom stereocenters. The lowest BCUT2D eigenvalue weighted by Crippen LogP contribution is -2.42. The van der Waals surface area contributed by atoms with Crippen molar-refractivity contribution in [1.82, 2.24) is 14.5 Å². The van der Waals surface area contributed by atoms with E-state index in [1.54, 1.807) is 12.4 Å². The second kappa shape index (κ2) is 8.31. The predicted molar refractivity (Wildman–Crippen MR) is 112 cm³/mol. The van der Waals surface area contributed by atoms with Gasteiger partial charge in [-0.3, -0.25) is 14.6 Å². The molecule has 1 aliphatic heterocycles. The molecule has 4 rings (SSSR count). The van der Waals surface area contributed by atoms with Crippen molar-refractivity contribution in [3.05, 3.63) is 78.4 Å². The number of likely N-dealkylation sites (tertiary alicyclic amines) is 1. The smallest absolute Gasteiger partial charge is 0.270 e. The number of rotatable bonds is 4. The van der Waals surface area contributed by atoms with Gasteiger partial charge < -0.3 is 14.8 Å². The molecule has 3 aromatic rings. The Balaban J connectivity index is 1.37. The highest BCUT2D eigenvalue weighted by Crippen LogP contribution is 2.22. The molecule has 1 N–H and O–H groups in total. The average Bonchev–Trinajstić information content (AvgIpc) is 3.25. The maximum Gasteiger partial charge on any atom is 0.270 e. The second-order valence-electron chi connectivity index (χ2n) is 7.40. The van der Waals surface area contributed by atoms with E-state index in [-0.39, 0.29) is 17.7 Å². The zero-order valence-electron chi connectivity index (χ0n) is 16.4. The molecule has 2 amide bonds. The normalized spacial score (nSPS) is 14.6. The molecule has 1 fully saturated rings. The van der Waals surface area contributed by atoms with Crippen LogP contribution in [0.2, 0.25) is 0 Å². The number of carbonyl (C=O) groups excluding carboxylic acids is 2. The molecule has 1 aliphatic rings. The molecule has 2 aromatic heterocycles. The van der Waals surface area contributed by atoms with Gasteiger partial charge in [-0.2, -0.15) is 0 Å². The van der Waals surface area contributed by atoms with Crippen LogP contribution in [-0.4, -0.2) is 39.4 Å². The summed E-state index contributed by atoms with van der Waals surface area (Å²) in [5, 5.41) is 2.99. The maximum atomic E-state index is 13.0. The van der Waals surface area contributed by atoms with Crippen LogP contribution in [-0.2, 0) is 4.79 Å². The number of aromatic nitrogens is 2. The Kier molecular flexibility index (Phi) is 5.42. The molecule has 148 valence electrons. The second-order valence-corrected chi connectivity index (χ2v) is 7.40. The van der Waals surface area contributed by atoms with Gasteiger partial charge in [-0.1, -0.05) is 17.7 Å². The molecule has 0 radical (unpaired) electrons. The van der Waals surface area contributed by atoms with Crippen molar-refractivity contribution < 1.29 is 9.59 Å². The van der Waals surface area contributed by atoms with E-state index >= 15 is 0 Å². The quantitative estimate of drug-likeness (QED) is 0.742. The van der Waals surface area contributed by atoms with Crippen LogP contribution < -0.4 is 5.32 Å². The van der Waals surface area contributed by atoms with Crippen LogP contribution in [0.5, 0.6) is 0 Å². The summed E-state index contributed by atoms with van der Waals surface area (Å²) < 4.78 is 1.85. The van der Waals surface area contributed by atoms with Gasteiger partial charge in [0.15, 0.2) is 0 Å². The van der Waals surface area contributed by atoms with Crippen molar-refractivity contribution in [2.24, 2.45) is 5.92 Å². The highest BCUT2D eigenvalue weighted by molar-refractivity contribution is 5.95. The van der Waals surface area contributed by atoms with E-state index in [4.69, 9.17) is 0 Å². The lowest BCUT2D eigenvalue weighted by Gasteiger charge is -2.31. The van der Waals surface area contributed by atoms with Gasteiger partial charge in [-0.15, -0.1) is 0 Å². The largest absolute Gasteiger partial charge is 0.337 e. The first-order chi connectivity index (χ1) is 14.1. The topological polar surface area (TPSA) is 67.2 Å². The minimum Gasteiger partial charge on any atom is -0.337 e. The Morgan fingerprint density at radius 2 is 1.79 bits per heavy atom. The van der Waals surface area contributed by atoms with E-state index in [0.29, 0.717) is 31.6 Å². The van der Waals surface area contributed by atoms with Crippen molar-refractivity contribution in [3.63, 3.8) is 0 Å². The summed E-state index contributed by atoms with van der Waals surface area (Å²) in [5.41, 5.74) is 3.44. The van der Waals surface area contributed by atoms with Gasteiger partial charge in [0.05, 0.1) is 11.9 Å². The van der Waals surface area contributed by atoms with Gasteiger partial charge in [0.2, 0.25) is 5.91 Å². The van der Waals surface area contributed by atoms with Crippen LogP contribution in [0.25, 0.3) is 5.69 Å². The van der Waals surface area contributed by atoms with Crippen LogP contribution in [0.4, 0.5) is 5.69 Å². The van der Waals surface area contributed by atoms with Crippen molar-refractivity contribution in [2.75, 3.05) is 18.4 Å². The van der Waals surface area contributed by atoms with Gasteiger partial charge in [-0.05, 0) is 56.2 Å². The molecule has 0 atom stereocenters. The van der Waals surface area contributed by atoms with Gasteiger partial charge >= 0.3 is 0 Å². The molecule has 1 saturated heterocycles. The van der Waals surface area contributed by atoms with Crippen molar-refractivity contribution in [2.45, 2.75) is 19.8 Å². The number of hydrogen-bond donors (Lipinski definition) is 1. The molecule has 0 bridgehead atoms. The third-order valence-electron chi connectivity index (χ3n) is 5.36. The lowest BCUT2D eigenvalue weighted by molar-refractivity contribution is -0.121. The minimum atomic E-state index is -0.0783. The molecule has 6 heteroatoms. The first-order valence-corrected chi connectivity index (χ1v) is 9.86. The molecule has 6 nitrogen and oxygen atoms in total. The zero-order valence-corrected chi connectivity index (χ0v) is 16.4. The maximum absolute atomic E-state index is 13.0. The van der Waals surface area contributed by atoms with Crippen LogP contribution >= 0.6 is 0 Å². The Morgan fingerprint density at radius 3 is 2.48 bits per heavy atom. The van der Waals surface area contributed by atoms with E-state index in [1.807, 2.05) is 71.1 Å². The summed E-state index contributed by atoms with van der Waals surface area (Å²) in [6.45, 7) is 3.16. The Bertz CT molecular complexity index is 987. The van der Waals surface area contributed by atoms with Gasteiger partial charge in [0.1, 0.15) is 5.69 Å². The minimum absolute atomic E-state index is 0.0174. The number of aryl methyl sites for hydroxylation is 1. The summed E-state index contributed by atoms with van der Waals surface area (Å²) in [7, 11) is 0. The third kappa shape index (κ3) is 4.21. The Hall–Kier alpha value is -3.41. The van der Waals surface area contributed by atoms with E-state index in [2.05, 4.69) is 10.3 Å². The van der Waals surface area contributed by atoms with E-state index in [1.165, 1.54) is 0 Å². The lowest BCUT2D eigenvalue weighted by atomic mass is 9.95. The van der Waals surface area contributed by atoms with Crippen molar-refractivity contribution in [3.8, 4) is 5.69 Å². The number of nitrogens with zero attached hydrogens (tertiary/aromatic N) is 3. The van der Waals surface area contributed by atoms with E-state index < -0.39 is 0 Å². The standard InChI is InChI=1S/C23H24N4O2/c1-17-6-8-19(9-7-17)25-22(28)18-10-14-26(15-11-18)23(29)21-5-3-13-27(21)20-4-2-12-24-16-20/h2-9,12-13,16,18H,10-11,14-15H2,1H3,(H,25,28). The molecule has 0 spiro atoms. The number of amides is 2. The van der Waals surface area contributed by atoms with Crippen LogP contribution in [0.1, 0.15) is 28.9 Å². The summed E-state index contributed by atoms with van der Waals surface area (Å²) in [4.78, 5) is 31.6. The molecular weight excluding hydrogens is 364 g/mol. The summed E-state index contributed by atoms with van der Waals surface area (Å²) in [6, 6.07) is 15.3. The summed E-state index contributed by atoms with van der Waals surface area (Å²) in [6.07, 6.45) is 6.64. The van der Waals surface area contributed by atoms with Gasteiger partial charge in [-0.25, -0.2) is 0 Å². The number of benzene rings is 1. The van der Waals surface area contributed by atoms with E-state index in [9.17, 15) is 9.59 Å². The fraction of sp³-hybridized carbons (Fsp3) is 0.261. The number of anilines is 1. The third-order valence-corrected chi connectivity index (χ3v) is 5.36. The predicted octanol–water partition coefficient (Wildman–Crippen LogP) is 3.67. The highest BCUT2D eigenvalue weighted by Gasteiger charge is 2.29. The number of pyridine rings is 1. The van der Waals surface area contributed by atoms with Gasteiger partial charge in [0.25, 0.3) is 5.91 Å². The average molecular weight is 388 g/mol. The molecule has 0 saturated carbocycles. The Labute approximate surface area is 170 Å². The Morgan fingerprint density at radius 1 is 1.03 bits per heavy atom. The first-order valence-electron chi connectivity index (χ1n) is 9.86. The van der Waals surface area contributed by atoms with Crippen LogP contribution in [0.3, 0.4) is 0 Å². The number of nitrogens with one attached hydrogen (secondary N) is 1. The van der Waals surface area contributed by atoms with Crippen molar-refractivity contribution >= 4 is 17.5 Å². The summed E-state index contributed by atoms with van der Waals surface area (Å²) in [5.74, 6) is -0.0682. The zero-order chi connectivity index (χ0) is 20.2. The number of hydrogen-bond acceptors (Lipinski definition) is 3. The number of carbonyl (C=O) groups is 2. The molecular formula is C23H24N4O2. The monoisotopic (exact) mass is 388 g/mol. The first kappa shape index (κ1) is 18.9.